The van der Waals surface area contributed by atoms with Crippen LogP contribution in [0, 0.1) is 0 Å². The maximum absolute atomic E-state index is 12.6. The smallest absolute Gasteiger partial charge is 0.259 e. The molecule has 3 aromatic carbocycles. The Labute approximate surface area is 151 Å². The highest BCUT2D eigenvalue weighted by atomic mass is 32.2. The molecule has 0 heterocycles. The first-order chi connectivity index (χ1) is 12.4. The average molecular weight is 368 g/mol. The summed E-state index contributed by atoms with van der Waals surface area (Å²) >= 11 is 0. The van der Waals surface area contributed by atoms with Crippen LogP contribution in [0.1, 0.15) is 10.4 Å². The summed E-state index contributed by atoms with van der Waals surface area (Å²) in [6, 6.07) is 21.6. The van der Waals surface area contributed by atoms with Gasteiger partial charge in [0, 0.05) is 5.69 Å². The third-order valence-electron chi connectivity index (χ3n) is 3.52. The van der Waals surface area contributed by atoms with Crippen molar-refractivity contribution in [1.29, 1.82) is 0 Å². The molecule has 26 heavy (non-hydrogen) atoms. The second-order valence-electron chi connectivity index (χ2n) is 5.44. The molecule has 0 aromatic heterocycles. The molecule has 0 saturated carbocycles. The second-order valence-corrected chi connectivity index (χ2v) is 7.00. The Morgan fingerprint density at radius 3 is 2.31 bits per heavy atom. The number of amides is 1. The summed E-state index contributed by atoms with van der Waals surface area (Å²) in [6.45, 7) is 0. The van der Waals surface area contributed by atoms with Gasteiger partial charge in [-0.25, -0.2) is 13.6 Å². The van der Waals surface area contributed by atoms with Crippen molar-refractivity contribution in [2.45, 2.75) is 4.90 Å². The summed E-state index contributed by atoms with van der Waals surface area (Å²) in [5, 5.41) is 7.78. The summed E-state index contributed by atoms with van der Waals surface area (Å²) in [4.78, 5) is 12.5. The zero-order chi connectivity index (χ0) is 18.6. The van der Waals surface area contributed by atoms with E-state index in [1.165, 1.54) is 18.2 Å². The molecule has 6 nitrogen and oxygen atoms in total. The second kappa shape index (κ2) is 7.38. The predicted molar refractivity (Wildman–Crippen MR) is 98.7 cm³/mol. The molecule has 132 valence electrons. The predicted octanol–water partition coefficient (Wildman–Crippen LogP) is 3.38. The molecule has 0 atom stereocenters. The Hall–Kier alpha value is -3.16. The van der Waals surface area contributed by atoms with Gasteiger partial charge in [-0.15, -0.1) is 0 Å². The van der Waals surface area contributed by atoms with Gasteiger partial charge >= 0.3 is 0 Å². The number of anilines is 1. The summed E-state index contributed by atoms with van der Waals surface area (Å²) in [6.07, 6.45) is 0. The van der Waals surface area contributed by atoms with Crippen molar-refractivity contribution in [3.63, 3.8) is 0 Å². The van der Waals surface area contributed by atoms with Gasteiger partial charge in [0.1, 0.15) is 11.5 Å². The Kier molecular flexibility index (Phi) is 5.01. The average Bonchev–Trinajstić information content (AvgIpc) is 2.62. The molecule has 0 spiro atoms. The van der Waals surface area contributed by atoms with E-state index in [-0.39, 0.29) is 4.90 Å². The largest absolute Gasteiger partial charge is 0.457 e. The number of hydrogen-bond acceptors (Lipinski definition) is 4. The van der Waals surface area contributed by atoms with Crippen LogP contribution in [0.25, 0.3) is 0 Å². The lowest BCUT2D eigenvalue weighted by molar-refractivity contribution is 0.102. The topological polar surface area (TPSA) is 98.5 Å². The summed E-state index contributed by atoms with van der Waals surface area (Å²) in [7, 11) is -3.85. The first-order valence-electron chi connectivity index (χ1n) is 7.69. The molecular formula is C19H16N2O4S. The van der Waals surface area contributed by atoms with Gasteiger partial charge in [0.25, 0.3) is 5.91 Å². The summed E-state index contributed by atoms with van der Waals surface area (Å²) < 4.78 is 28.7. The van der Waals surface area contributed by atoms with Crippen molar-refractivity contribution < 1.29 is 17.9 Å². The zero-order valence-corrected chi connectivity index (χ0v) is 14.4. The van der Waals surface area contributed by atoms with Crippen LogP contribution in [0.15, 0.2) is 83.8 Å². The van der Waals surface area contributed by atoms with E-state index in [2.05, 4.69) is 5.32 Å². The van der Waals surface area contributed by atoms with Gasteiger partial charge in [-0.3, -0.25) is 4.79 Å². The van der Waals surface area contributed by atoms with E-state index >= 15 is 0 Å². The highest BCUT2D eigenvalue weighted by Gasteiger charge is 2.14. The van der Waals surface area contributed by atoms with Gasteiger partial charge in [0.15, 0.2) is 0 Å². The van der Waals surface area contributed by atoms with Crippen molar-refractivity contribution >= 4 is 21.6 Å². The van der Waals surface area contributed by atoms with E-state index in [1.54, 1.807) is 42.5 Å². The highest BCUT2D eigenvalue weighted by Crippen LogP contribution is 2.26. The molecule has 3 aromatic rings. The first kappa shape index (κ1) is 17.7. The van der Waals surface area contributed by atoms with Crippen LogP contribution in [0.4, 0.5) is 5.69 Å². The lowest BCUT2D eigenvalue weighted by Gasteiger charge is -2.12. The minimum atomic E-state index is -3.85. The van der Waals surface area contributed by atoms with Crippen molar-refractivity contribution in [3.8, 4) is 11.5 Å². The van der Waals surface area contributed by atoms with E-state index in [0.717, 1.165) is 0 Å². The van der Waals surface area contributed by atoms with E-state index < -0.39 is 15.9 Å². The number of benzene rings is 3. The maximum Gasteiger partial charge on any atom is 0.259 e. The fourth-order valence-electron chi connectivity index (χ4n) is 2.31. The number of nitrogens with one attached hydrogen (secondary N) is 1. The van der Waals surface area contributed by atoms with E-state index in [1.807, 2.05) is 18.2 Å². The molecule has 0 fully saturated rings. The summed E-state index contributed by atoms with van der Waals surface area (Å²) in [5.74, 6) is 0.561. The Morgan fingerprint density at radius 2 is 1.58 bits per heavy atom. The van der Waals surface area contributed by atoms with E-state index in [0.29, 0.717) is 22.7 Å². The number of nitrogens with two attached hydrogens (primary N) is 1. The molecule has 7 heteroatoms. The highest BCUT2D eigenvalue weighted by molar-refractivity contribution is 7.89. The van der Waals surface area contributed by atoms with Crippen LogP contribution in [0.5, 0.6) is 11.5 Å². The van der Waals surface area contributed by atoms with Crippen LogP contribution in [-0.4, -0.2) is 14.3 Å². The molecule has 0 saturated heterocycles. The Morgan fingerprint density at radius 1 is 0.885 bits per heavy atom. The number of hydrogen-bond donors (Lipinski definition) is 2. The maximum atomic E-state index is 12.6. The van der Waals surface area contributed by atoms with Crippen molar-refractivity contribution in [1.82, 2.24) is 0 Å². The SMILES string of the molecule is NS(=O)(=O)c1cccc(NC(=O)c2ccccc2Oc2ccccc2)c1. The third-order valence-corrected chi connectivity index (χ3v) is 4.43. The van der Waals surface area contributed by atoms with Gasteiger partial charge in [-0.2, -0.15) is 0 Å². The van der Waals surface area contributed by atoms with Crippen LogP contribution in [0.2, 0.25) is 0 Å². The fourth-order valence-corrected chi connectivity index (χ4v) is 2.87. The Balaban J connectivity index is 1.85. The minimum Gasteiger partial charge on any atom is -0.457 e. The minimum absolute atomic E-state index is 0.0795. The zero-order valence-electron chi connectivity index (χ0n) is 13.6. The molecule has 0 bridgehead atoms. The molecule has 1 amide bonds. The number of para-hydroxylation sites is 2. The van der Waals surface area contributed by atoms with Crippen LogP contribution < -0.4 is 15.2 Å². The van der Waals surface area contributed by atoms with Crippen LogP contribution in [-0.2, 0) is 10.0 Å². The molecule has 0 aliphatic carbocycles. The van der Waals surface area contributed by atoms with Gasteiger partial charge in [0.2, 0.25) is 10.0 Å². The third kappa shape index (κ3) is 4.27. The normalized spacial score (nSPS) is 11.0. The molecular weight excluding hydrogens is 352 g/mol. The number of rotatable bonds is 5. The Bertz CT molecular complexity index is 1030. The van der Waals surface area contributed by atoms with Gasteiger partial charge in [0.05, 0.1) is 10.5 Å². The van der Waals surface area contributed by atoms with Crippen LogP contribution >= 0.6 is 0 Å². The molecule has 0 aliphatic heterocycles. The number of carbonyl (C=O) groups excluding carboxylic acids is 1. The van der Waals surface area contributed by atoms with E-state index in [4.69, 9.17) is 9.88 Å². The quantitative estimate of drug-likeness (QED) is 0.721. The van der Waals surface area contributed by atoms with Crippen molar-refractivity contribution in [3.05, 3.63) is 84.4 Å². The molecule has 0 unspecified atom stereocenters. The lowest BCUT2D eigenvalue weighted by atomic mass is 10.2. The van der Waals surface area contributed by atoms with E-state index in [9.17, 15) is 13.2 Å². The molecule has 3 N–H and O–H groups in total. The fraction of sp³-hybridized carbons (Fsp3) is 0. The summed E-state index contributed by atoms with van der Waals surface area (Å²) in [5.41, 5.74) is 0.633. The van der Waals surface area contributed by atoms with Crippen molar-refractivity contribution in [2.75, 3.05) is 5.32 Å². The molecule has 0 radical (unpaired) electrons. The van der Waals surface area contributed by atoms with Crippen LogP contribution in [0.3, 0.4) is 0 Å². The van der Waals surface area contributed by atoms with Gasteiger partial charge < -0.3 is 10.1 Å². The molecule has 0 aliphatic rings. The number of ether oxygens (including phenoxy) is 1. The van der Waals surface area contributed by atoms with Crippen molar-refractivity contribution in [2.24, 2.45) is 5.14 Å². The number of primary sulfonamides is 1. The van der Waals surface area contributed by atoms with Gasteiger partial charge in [-0.1, -0.05) is 36.4 Å². The lowest BCUT2D eigenvalue weighted by Crippen LogP contribution is -2.15. The standard InChI is InChI=1S/C19H16N2O4S/c20-26(23,24)16-10-6-7-14(13-16)21-19(22)17-11-4-5-12-18(17)25-15-8-2-1-3-9-15/h1-13H,(H,21,22)(H2,20,23,24). The number of carbonyl (C=O) groups is 1. The first-order valence-corrected chi connectivity index (χ1v) is 9.24. The monoisotopic (exact) mass is 368 g/mol. The van der Waals surface area contributed by atoms with Gasteiger partial charge in [-0.05, 0) is 42.5 Å². The molecule has 3 rings (SSSR count). The number of sulfonamides is 1.